The first-order valence-electron chi connectivity index (χ1n) is 14.4. The average molecular weight is 556 g/mol. The molecule has 0 saturated carbocycles. The molecule has 0 saturated heterocycles. The molecule has 40 heavy (non-hydrogen) atoms. The van der Waals surface area contributed by atoms with Crippen LogP contribution in [-0.4, -0.2) is 58.1 Å². The van der Waals surface area contributed by atoms with Gasteiger partial charge in [-0.05, 0) is 107 Å². The molecule has 2 aromatic rings. The highest BCUT2D eigenvalue weighted by Crippen LogP contribution is 2.50. The Morgan fingerprint density at radius 1 is 0.925 bits per heavy atom. The van der Waals surface area contributed by atoms with Crippen molar-refractivity contribution in [2.24, 2.45) is 0 Å². The number of carbonyl (C=O) groups excluding carboxylic acids is 1. The molecular weight excluding hydrogens is 508 g/mol. The van der Waals surface area contributed by atoms with Gasteiger partial charge in [-0.1, -0.05) is 39.8 Å². The first-order chi connectivity index (χ1) is 18.6. The van der Waals surface area contributed by atoms with Gasteiger partial charge < -0.3 is 9.64 Å². The van der Waals surface area contributed by atoms with E-state index in [0.29, 0.717) is 16.6 Å². The summed E-state index contributed by atoms with van der Waals surface area (Å²) in [4.78, 5) is 15.4. The number of carbonyl (C=O) groups is 1. The van der Waals surface area contributed by atoms with Gasteiger partial charge in [0.25, 0.3) is 0 Å². The zero-order valence-corrected chi connectivity index (χ0v) is 27.6. The lowest BCUT2D eigenvalue weighted by Crippen LogP contribution is -2.59. The smallest absolute Gasteiger partial charge is 0.338 e. The number of nitrogens with zero attached hydrogens (tertiary/aromatic N) is 2. The second-order valence-corrected chi connectivity index (χ2v) is 18.5. The number of aryl methyl sites for hydroxylation is 1. The van der Waals surface area contributed by atoms with Gasteiger partial charge in [0.05, 0.1) is 5.56 Å². The maximum Gasteiger partial charge on any atom is 0.338 e. The zero-order chi connectivity index (χ0) is 29.7. The monoisotopic (exact) mass is 555 g/mol. The molecule has 0 spiro atoms. The van der Waals surface area contributed by atoms with Gasteiger partial charge in [0.15, 0.2) is 5.71 Å². The van der Waals surface area contributed by atoms with Crippen LogP contribution in [0.1, 0.15) is 75.5 Å². The minimum atomic E-state index is -2.26. The van der Waals surface area contributed by atoms with Gasteiger partial charge in [0, 0.05) is 31.9 Å². The van der Waals surface area contributed by atoms with E-state index in [4.69, 9.17) is 4.74 Å². The summed E-state index contributed by atoms with van der Waals surface area (Å²) in [6.07, 6.45) is 7.03. The summed E-state index contributed by atoms with van der Waals surface area (Å²) in [5, 5.41) is 2.98. The predicted molar refractivity (Wildman–Crippen MR) is 173 cm³/mol. The quantitative estimate of drug-likeness (QED) is 0.225. The zero-order valence-electron chi connectivity index (χ0n) is 26.6. The Labute approximate surface area is 242 Å². The van der Waals surface area contributed by atoms with E-state index in [1.54, 1.807) is 0 Å². The molecule has 1 heterocycles. The topological polar surface area (TPSA) is 32.6 Å². The van der Waals surface area contributed by atoms with Crippen molar-refractivity contribution in [1.82, 2.24) is 0 Å². The molecule has 4 nitrogen and oxygen atoms in total. The van der Waals surface area contributed by atoms with E-state index in [-0.39, 0.29) is 5.97 Å². The maximum atomic E-state index is 13.2. The summed E-state index contributed by atoms with van der Waals surface area (Å²) in [7, 11) is 6.22. The number of hydrogen-bond acceptors (Lipinski definition) is 3. The summed E-state index contributed by atoms with van der Waals surface area (Å²) in [6.45, 7) is 17.6. The van der Waals surface area contributed by atoms with Crippen molar-refractivity contribution in [3.63, 3.8) is 0 Å². The minimum absolute atomic E-state index is 0.287. The highest BCUT2D eigenvalue weighted by Gasteiger charge is 2.51. The molecule has 0 aromatic heterocycles. The normalized spacial score (nSPS) is 16.1. The summed E-state index contributed by atoms with van der Waals surface area (Å²) in [5.41, 5.74) is 9.53. The van der Waals surface area contributed by atoms with Gasteiger partial charge >= 0.3 is 5.97 Å². The number of esters is 1. The SMILES string of the molecule is Cc1ccc(C(=O)OC(C)(C)C)cc1C1=C2C=CC(=[N+](C)C)C=C2[Si](C(C)C)(C(C)C)c2cc(N(C)C)ccc21. The van der Waals surface area contributed by atoms with Crippen LogP contribution in [0.25, 0.3) is 5.57 Å². The lowest BCUT2D eigenvalue weighted by atomic mass is 9.86. The first-order valence-corrected chi connectivity index (χ1v) is 16.6. The molecule has 1 aliphatic carbocycles. The second-order valence-electron chi connectivity index (χ2n) is 13.3. The second kappa shape index (κ2) is 10.7. The molecule has 4 rings (SSSR count). The van der Waals surface area contributed by atoms with E-state index in [1.165, 1.54) is 38.5 Å². The van der Waals surface area contributed by atoms with Gasteiger partial charge in [-0.3, -0.25) is 0 Å². The van der Waals surface area contributed by atoms with Gasteiger partial charge in [0.1, 0.15) is 27.8 Å². The highest BCUT2D eigenvalue weighted by atomic mass is 28.3. The van der Waals surface area contributed by atoms with Crippen molar-refractivity contribution in [3.8, 4) is 0 Å². The highest BCUT2D eigenvalue weighted by molar-refractivity contribution is 7.01. The predicted octanol–water partition coefficient (Wildman–Crippen LogP) is 7.06. The van der Waals surface area contributed by atoms with Crippen LogP contribution in [0, 0.1) is 6.92 Å². The van der Waals surface area contributed by atoms with Crippen molar-refractivity contribution >= 4 is 36.2 Å². The fourth-order valence-electron chi connectivity index (χ4n) is 6.59. The Morgan fingerprint density at radius 2 is 1.57 bits per heavy atom. The van der Waals surface area contributed by atoms with Crippen molar-refractivity contribution in [2.45, 2.75) is 72.1 Å². The van der Waals surface area contributed by atoms with Crippen LogP contribution in [0.15, 0.2) is 65.4 Å². The van der Waals surface area contributed by atoms with Gasteiger partial charge in [-0.15, -0.1) is 0 Å². The molecule has 0 bridgehead atoms. The Morgan fingerprint density at radius 3 is 2.12 bits per heavy atom. The largest absolute Gasteiger partial charge is 0.456 e. The number of anilines is 1. The molecule has 2 aliphatic rings. The van der Waals surface area contributed by atoms with E-state index >= 15 is 0 Å². The fraction of sp³-hybridized carbons (Fsp3) is 0.429. The number of hydrogen-bond donors (Lipinski definition) is 0. The molecule has 2 aromatic carbocycles. The third-order valence-corrected chi connectivity index (χ3v) is 14.7. The van der Waals surface area contributed by atoms with Crippen LogP contribution < -0.4 is 10.1 Å². The van der Waals surface area contributed by atoms with Crippen LogP contribution in [0.4, 0.5) is 5.69 Å². The van der Waals surface area contributed by atoms with Crippen LogP contribution in [0.5, 0.6) is 0 Å². The lowest BCUT2D eigenvalue weighted by molar-refractivity contribution is -0.462. The minimum Gasteiger partial charge on any atom is -0.456 e. The molecular formula is C35H47N2O2Si+. The summed E-state index contributed by atoms with van der Waals surface area (Å²) < 4.78 is 7.98. The fourth-order valence-corrected chi connectivity index (χ4v) is 12.8. The van der Waals surface area contributed by atoms with E-state index in [9.17, 15) is 4.79 Å². The number of benzene rings is 2. The first kappa shape index (κ1) is 29.8. The van der Waals surface area contributed by atoms with Gasteiger partial charge in [-0.25, -0.2) is 9.37 Å². The van der Waals surface area contributed by atoms with Gasteiger partial charge in [-0.2, -0.15) is 0 Å². The van der Waals surface area contributed by atoms with Crippen molar-refractivity contribution in [3.05, 3.63) is 87.6 Å². The number of rotatable bonds is 5. The van der Waals surface area contributed by atoms with E-state index in [0.717, 1.165) is 11.1 Å². The van der Waals surface area contributed by atoms with Crippen LogP contribution in [-0.2, 0) is 4.74 Å². The summed E-state index contributed by atoms with van der Waals surface area (Å²) >= 11 is 0. The molecule has 1 aliphatic heterocycles. The Bertz CT molecular complexity index is 1470. The van der Waals surface area contributed by atoms with Crippen molar-refractivity contribution in [1.29, 1.82) is 0 Å². The van der Waals surface area contributed by atoms with Crippen molar-refractivity contribution in [2.75, 3.05) is 33.1 Å². The average Bonchev–Trinajstić information content (AvgIpc) is 2.85. The maximum absolute atomic E-state index is 13.2. The van der Waals surface area contributed by atoms with Crippen molar-refractivity contribution < 1.29 is 14.1 Å². The summed E-state index contributed by atoms with van der Waals surface area (Å²) in [5.74, 6) is -0.287. The molecule has 5 heteroatoms. The van der Waals surface area contributed by atoms with Gasteiger partial charge in [0.2, 0.25) is 0 Å². The third kappa shape index (κ3) is 5.05. The number of ether oxygens (including phenoxy) is 1. The molecule has 0 amide bonds. The molecule has 0 unspecified atom stereocenters. The standard InChI is InChI=1S/C35H47N2O2Si/c1-22(2)40(23(3)4)31-20-26(36(9)10)15-17-28(31)33(29-18-16-27(37(11)12)21-32(29)40)30-19-25(14-13-24(30)5)34(38)39-35(6,7)8/h13-23H,1-12H3/q+1. The Balaban J connectivity index is 2.14. The van der Waals surface area contributed by atoms with Crippen LogP contribution in [0.3, 0.4) is 0 Å². The Hall–Kier alpha value is -3.18. The molecule has 0 radical (unpaired) electrons. The number of fused-ring (bicyclic) bond motifs is 2. The Kier molecular flexibility index (Phi) is 7.94. The van der Waals surface area contributed by atoms with Crippen LogP contribution >= 0.6 is 0 Å². The molecule has 0 fully saturated rings. The molecule has 212 valence electrons. The van der Waals surface area contributed by atoms with Crippen LogP contribution in [0.2, 0.25) is 11.1 Å². The summed E-state index contributed by atoms with van der Waals surface area (Å²) in [6, 6.07) is 13.0. The van der Waals surface area contributed by atoms with E-state index < -0.39 is 13.7 Å². The molecule has 0 atom stereocenters. The van der Waals surface area contributed by atoms with E-state index in [1.807, 2.05) is 32.9 Å². The third-order valence-electron chi connectivity index (χ3n) is 8.43. The molecule has 0 N–H and O–H groups in total. The number of allylic oxidation sites excluding steroid dienone is 5. The van der Waals surface area contributed by atoms with E-state index in [2.05, 4.69) is 115 Å². The lowest BCUT2D eigenvalue weighted by Gasteiger charge is -2.48.